The largest absolute Gasteiger partial charge is 0.316 e. The van der Waals surface area contributed by atoms with E-state index in [0.717, 1.165) is 28.9 Å². The Morgan fingerprint density at radius 2 is 2.37 bits per heavy atom. The van der Waals surface area contributed by atoms with E-state index in [4.69, 9.17) is 0 Å². The fraction of sp³-hybridized carbons (Fsp3) is 0.667. The SMILES string of the molecule is Cc1cc(S(=O)(=O)NCCC2CCCNC2)sc1Br. The Morgan fingerprint density at radius 3 is 2.95 bits per heavy atom. The minimum Gasteiger partial charge on any atom is -0.316 e. The summed E-state index contributed by atoms with van der Waals surface area (Å²) < 4.78 is 28.2. The van der Waals surface area contributed by atoms with Crippen LogP contribution in [0.25, 0.3) is 0 Å². The molecule has 0 amide bonds. The molecule has 0 radical (unpaired) electrons. The second kappa shape index (κ2) is 6.67. The molecule has 108 valence electrons. The van der Waals surface area contributed by atoms with Gasteiger partial charge in [-0.05, 0) is 72.8 Å². The van der Waals surface area contributed by atoms with E-state index >= 15 is 0 Å². The molecule has 7 heteroatoms. The number of aryl methyl sites for hydroxylation is 1. The summed E-state index contributed by atoms with van der Waals surface area (Å²) in [6.07, 6.45) is 3.28. The third kappa shape index (κ3) is 4.26. The van der Waals surface area contributed by atoms with Gasteiger partial charge in [0.1, 0.15) is 4.21 Å². The molecule has 0 aliphatic carbocycles. The number of hydrogen-bond donors (Lipinski definition) is 2. The summed E-state index contributed by atoms with van der Waals surface area (Å²) >= 11 is 4.62. The van der Waals surface area contributed by atoms with E-state index in [1.54, 1.807) is 6.07 Å². The number of rotatable bonds is 5. The molecule has 19 heavy (non-hydrogen) atoms. The molecule has 0 bridgehead atoms. The molecular formula is C12H19BrN2O2S2. The zero-order valence-electron chi connectivity index (χ0n) is 10.9. The van der Waals surface area contributed by atoms with Crippen molar-refractivity contribution in [3.8, 4) is 0 Å². The molecule has 2 rings (SSSR count). The molecule has 2 heterocycles. The average molecular weight is 367 g/mol. The first kappa shape index (κ1) is 15.4. The lowest BCUT2D eigenvalue weighted by molar-refractivity contribution is 0.358. The van der Waals surface area contributed by atoms with Crippen molar-refractivity contribution in [2.75, 3.05) is 19.6 Å². The van der Waals surface area contributed by atoms with Crippen LogP contribution in [0.2, 0.25) is 0 Å². The Kier molecular flexibility index (Phi) is 5.42. The first-order chi connectivity index (χ1) is 8.99. The van der Waals surface area contributed by atoms with Crippen molar-refractivity contribution < 1.29 is 8.42 Å². The van der Waals surface area contributed by atoms with Crippen molar-refractivity contribution >= 4 is 37.3 Å². The quantitative estimate of drug-likeness (QED) is 0.841. The van der Waals surface area contributed by atoms with E-state index in [0.29, 0.717) is 16.7 Å². The van der Waals surface area contributed by atoms with Crippen LogP contribution < -0.4 is 10.0 Å². The van der Waals surface area contributed by atoms with E-state index in [-0.39, 0.29) is 0 Å². The Bertz CT molecular complexity index is 502. The van der Waals surface area contributed by atoms with Crippen molar-refractivity contribution in [2.24, 2.45) is 5.92 Å². The van der Waals surface area contributed by atoms with Gasteiger partial charge >= 0.3 is 0 Å². The molecule has 1 atom stereocenters. The number of thiophene rings is 1. The van der Waals surface area contributed by atoms with Gasteiger partial charge in [-0.1, -0.05) is 0 Å². The summed E-state index contributed by atoms with van der Waals surface area (Å²) in [5.41, 5.74) is 0.960. The van der Waals surface area contributed by atoms with Gasteiger partial charge in [0.25, 0.3) is 0 Å². The predicted octanol–water partition coefficient (Wildman–Crippen LogP) is 2.49. The van der Waals surface area contributed by atoms with Crippen molar-refractivity contribution in [3.63, 3.8) is 0 Å². The van der Waals surface area contributed by atoms with Crippen LogP contribution in [0.1, 0.15) is 24.8 Å². The Labute approximate surface area is 127 Å². The molecule has 1 unspecified atom stereocenters. The summed E-state index contributed by atoms with van der Waals surface area (Å²) in [5, 5.41) is 3.34. The van der Waals surface area contributed by atoms with Gasteiger partial charge in [-0.3, -0.25) is 0 Å². The van der Waals surface area contributed by atoms with Crippen LogP contribution in [0, 0.1) is 12.8 Å². The topological polar surface area (TPSA) is 58.2 Å². The minimum absolute atomic E-state index is 0.388. The lowest BCUT2D eigenvalue weighted by Gasteiger charge is -2.22. The van der Waals surface area contributed by atoms with Crippen molar-refractivity contribution in [3.05, 3.63) is 15.4 Å². The second-order valence-corrected chi connectivity index (χ2v) is 9.28. The number of hydrogen-bond acceptors (Lipinski definition) is 4. The summed E-state index contributed by atoms with van der Waals surface area (Å²) in [5.74, 6) is 0.591. The molecule has 0 aromatic carbocycles. The molecule has 1 aromatic rings. The molecule has 1 aliphatic rings. The first-order valence-electron chi connectivity index (χ1n) is 6.45. The maximum atomic E-state index is 12.1. The zero-order chi connectivity index (χ0) is 13.9. The van der Waals surface area contributed by atoms with Crippen LogP contribution >= 0.6 is 27.3 Å². The Balaban J connectivity index is 1.87. The number of nitrogens with one attached hydrogen (secondary N) is 2. The maximum Gasteiger partial charge on any atom is 0.250 e. The van der Waals surface area contributed by atoms with Crippen LogP contribution in [0.5, 0.6) is 0 Å². The highest BCUT2D eigenvalue weighted by molar-refractivity contribution is 9.11. The highest BCUT2D eigenvalue weighted by Crippen LogP contribution is 2.30. The second-order valence-electron chi connectivity index (χ2n) is 4.92. The van der Waals surface area contributed by atoms with E-state index in [1.807, 2.05) is 6.92 Å². The first-order valence-corrected chi connectivity index (χ1v) is 9.54. The number of sulfonamides is 1. The molecular weight excluding hydrogens is 348 g/mol. The van der Waals surface area contributed by atoms with Gasteiger partial charge in [-0.25, -0.2) is 13.1 Å². The minimum atomic E-state index is -3.34. The van der Waals surface area contributed by atoms with Crippen LogP contribution in [0.4, 0.5) is 0 Å². The normalized spacial score (nSPS) is 20.6. The number of piperidine rings is 1. The smallest absolute Gasteiger partial charge is 0.250 e. The molecule has 1 aliphatic heterocycles. The van der Waals surface area contributed by atoms with E-state index in [1.165, 1.54) is 24.2 Å². The van der Waals surface area contributed by atoms with Gasteiger partial charge in [0.15, 0.2) is 0 Å². The third-order valence-corrected chi connectivity index (χ3v) is 7.41. The van der Waals surface area contributed by atoms with Gasteiger partial charge in [-0.15, -0.1) is 11.3 Å². The van der Waals surface area contributed by atoms with Crippen molar-refractivity contribution in [1.82, 2.24) is 10.0 Å². The Hall–Kier alpha value is 0.0500. The highest BCUT2D eigenvalue weighted by Gasteiger charge is 2.19. The van der Waals surface area contributed by atoms with Gasteiger partial charge < -0.3 is 5.32 Å². The fourth-order valence-electron chi connectivity index (χ4n) is 2.20. The summed E-state index contributed by atoms with van der Waals surface area (Å²) in [6.45, 7) is 4.51. The molecule has 2 N–H and O–H groups in total. The fourth-order valence-corrected chi connectivity index (χ4v) is 5.52. The van der Waals surface area contributed by atoms with Crippen LogP contribution in [-0.2, 0) is 10.0 Å². The van der Waals surface area contributed by atoms with Crippen LogP contribution in [0.3, 0.4) is 0 Å². The lowest BCUT2D eigenvalue weighted by Crippen LogP contribution is -2.33. The average Bonchev–Trinajstić information content (AvgIpc) is 2.72. The van der Waals surface area contributed by atoms with Crippen LogP contribution in [0.15, 0.2) is 14.1 Å². The molecule has 1 fully saturated rings. The zero-order valence-corrected chi connectivity index (χ0v) is 14.1. The molecule has 0 saturated carbocycles. The maximum absolute atomic E-state index is 12.1. The van der Waals surface area contributed by atoms with Gasteiger partial charge in [0.05, 0.1) is 3.79 Å². The van der Waals surface area contributed by atoms with Gasteiger partial charge in [0.2, 0.25) is 10.0 Å². The predicted molar refractivity (Wildman–Crippen MR) is 82.2 cm³/mol. The molecule has 1 saturated heterocycles. The lowest BCUT2D eigenvalue weighted by atomic mass is 9.96. The van der Waals surface area contributed by atoms with Crippen LogP contribution in [-0.4, -0.2) is 28.1 Å². The third-order valence-electron chi connectivity index (χ3n) is 3.34. The van der Waals surface area contributed by atoms with Gasteiger partial charge in [-0.2, -0.15) is 0 Å². The standard InChI is InChI=1S/C12H19BrN2O2S2/c1-9-7-11(18-12(9)13)19(16,17)15-6-4-10-3-2-5-14-8-10/h7,10,14-15H,2-6,8H2,1H3. The Morgan fingerprint density at radius 1 is 1.58 bits per heavy atom. The number of halogens is 1. The molecule has 0 spiro atoms. The summed E-state index contributed by atoms with van der Waals surface area (Å²) in [7, 11) is -3.34. The van der Waals surface area contributed by atoms with E-state index in [2.05, 4.69) is 26.0 Å². The summed E-state index contributed by atoms with van der Waals surface area (Å²) in [4.78, 5) is 0. The monoisotopic (exact) mass is 366 g/mol. The van der Waals surface area contributed by atoms with Crippen molar-refractivity contribution in [2.45, 2.75) is 30.4 Å². The van der Waals surface area contributed by atoms with E-state index < -0.39 is 10.0 Å². The molecule has 4 nitrogen and oxygen atoms in total. The highest BCUT2D eigenvalue weighted by atomic mass is 79.9. The molecule has 1 aromatic heterocycles. The summed E-state index contributed by atoms with van der Waals surface area (Å²) in [6, 6.07) is 1.71. The van der Waals surface area contributed by atoms with Crippen molar-refractivity contribution in [1.29, 1.82) is 0 Å². The van der Waals surface area contributed by atoms with E-state index in [9.17, 15) is 8.42 Å². The van der Waals surface area contributed by atoms with Gasteiger partial charge in [0, 0.05) is 6.54 Å².